The van der Waals surface area contributed by atoms with Crippen LogP contribution >= 0.6 is 11.6 Å². The van der Waals surface area contributed by atoms with Crippen LogP contribution in [0.2, 0.25) is 5.02 Å². The average Bonchev–Trinajstić information content (AvgIpc) is 2.38. The SMILES string of the molecule is Oc1ccc2c(c1)C(Nc1cc(F)cc(Cl)c1)CCC2. The summed E-state index contributed by atoms with van der Waals surface area (Å²) in [5, 5.41) is 13.3. The molecule has 4 heteroatoms. The van der Waals surface area contributed by atoms with Gasteiger partial charge in [0, 0.05) is 10.7 Å². The second-order valence-electron chi connectivity index (χ2n) is 5.13. The maximum absolute atomic E-state index is 13.4. The molecule has 0 radical (unpaired) electrons. The van der Waals surface area contributed by atoms with Crippen molar-refractivity contribution in [1.82, 2.24) is 0 Å². The fraction of sp³-hybridized carbons (Fsp3) is 0.250. The van der Waals surface area contributed by atoms with Crippen LogP contribution in [0.3, 0.4) is 0 Å². The minimum Gasteiger partial charge on any atom is -0.508 e. The Labute approximate surface area is 122 Å². The number of benzene rings is 2. The summed E-state index contributed by atoms with van der Waals surface area (Å²) in [5.74, 6) is -0.0957. The zero-order chi connectivity index (χ0) is 14.1. The monoisotopic (exact) mass is 291 g/mol. The number of rotatable bonds is 2. The first kappa shape index (κ1) is 13.3. The predicted molar refractivity (Wildman–Crippen MR) is 78.8 cm³/mol. The Bertz CT molecular complexity index is 624. The van der Waals surface area contributed by atoms with Crippen LogP contribution in [0.4, 0.5) is 10.1 Å². The highest BCUT2D eigenvalue weighted by Gasteiger charge is 2.20. The smallest absolute Gasteiger partial charge is 0.126 e. The molecule has 2 aromatic rings. The van der Waals surface area contributed by atoms with Gasteiger partial charge in [0.2, 0.25) is 0 Å². The minimum atomic E-state index is -0.355. The molecule has 0 spiro atoms. The Morgan fingerprint density at radius 1 is 1.20 bits per heavy atom. The standard InChI is InChI=1S/C16H15ClFNO/c17-11-6-12(18)8-13(7-11)19-16-3-1-2-10-4-5-14(20)9-15(10)16/h4-9,16,19-20H,1-3H2. The molecule has 1 atom stereocenters. The highest BCUT2D eigenvalue weighted by atomic mass is 35.5. The van der Waals surface area contributed by atoms with Crippen molar-refractivity contribution in [3.8, 4) is 5.75 Å². The predicted octanol–water partition coefficient (Wildman–Crippen LogP) is 4.67. The van der Waals surface area contributed by atoms with E-state index in [0.29, 0.717) is 10.7 Å². The molecule has 0 heterocycles. The molecule has 0 saturated carbocycles. The molecule has 0 amide bonds. The van der Waals surface area contributed by atoms with Crippen molar-refractivity contribution >= 4 is 17.3 Å². The van der Waals surface area contributed by atoms with E-state index in [-0.39, 0.29) is 17.6 Å². The van der Waals surface area contributed by atoms with Crippen LogP contribution in [-0.2, 0) is 6.42 Å². The van der Waals surface area contributed by atoms with Gasteiger partial charge < -0.3 is 10.4 Å². The zero-order valence-corrected chi connectivity index (χ0v) is 11.6. The highest BCUT2D eigenvalue weighted by molar-refractivity contribution is 6.30. The van der Waals surface area contributed by atoms with Gasteiger partial charge in [-0.2, -0.15) is 0 Å². The Morgan fingerprint density at radius 2 is 2.05 bits per heavy atom. The van der Waals surface area contributed by atoms with Crippen LogP contribution in [0, 0.1) is 5.82 Å². The number of hydrogen-bond donors (Lipinski definition) is 2. The maximum Gasteiger partial charge on any atom is 0.126 e. The highest BCUT2D eigenvalue weighted by Crippen LogP contribution is 2.35. The Morgan fingerprint density at radius 3 is 2.85 bits per heavy atom. The van der Waals surface area contributed by atoms with Gasteiger partial charge in [0.15, 0.2) is 0 Å². The molecule has 20 heavy (non-hydrogen) atoms. The number of phenolic OH excluding ortho intramolecular Hbond substituents is 1. The lowest BCUT2D eigenvalue weighted by Crippen LogP contribution is -2.17. The number of hydrogen-bond acceptors (Lipinski definition) is 2. The van der Waals surface area contributed by atoms with E-state index in [1.165, 1.54) is 17.7 Å². The first-order valence-electron chi connectivity index (χ1n) is 6.66. The van der Waals surface area contributed by atoms with Crippen molar-refractivity contribution in [2.75, 3.05) is 5.32 Å². The molecule has 104 valence electrons. The second kappa shape index (κ2) is 5.33. The van der Waals surface area contributed by atoms with Crippen LogP contribution in [0.25, 0.3) is 0 Å². The van der Waals surface area contributed by atoms with Crippen LogP contribution in [-0.4, -0.2) is 5.11 Å². The third-order valence-corrected chi connectivity index (χ3v) is 3.87. The average molecular weight is 292 g/mol. The van der Waals surface area contributed by atoms with Gasteiger partial charge in [0.05, 0.1) is 6.04 Å². The van der Waals surface area contributed by atoms with E-state index in [1.807, 2.05) is 6.07 Å². The van der Waals surface area contributed by atoms with Crippen molar-refractivity contribution in [1.29, 1.82) is 0 Å². The molecule has 0 bridgehead atoms. The number of fused-ring (bicyclic) bond motifs is 1. The third kappa shape index (κ3) is 2.73. The molecule has 0 saturated heterocycles. The van der Waals surface area contributed by atoms with Crippen molar-refractivity contribution < 1.29 is 9.50 Å². The van der Waals surface area contributed by atoms with Gasteiger partial charge in [-0.1, -0.05) is 17.7 Å². The van der Waals surface area contributed by atoms with Gasteiger partial charge in [0.25, 0.3) is 0 Å². The normalized spacial score (nSPS) is 17.6. The van der Waals surface area contributed by atoms with Gasteiger partial charge in [-0.15, -0.1) is 0 Å². The molecule has 0 aliphatic heterocycles. The molecule has 2 aromatic carbocycles. The number of aryl methyl sites for hydroxylation is 1. The minimum absolute atomic E-state index is 0.0729. The molecule has 2 nitrogen and oxygen atoms in total. The van der Waals surface area contributed by atoms with Gasteiger partial charge in [-0.25, -0.2) is 4.39 Å². The summed E-state index contributed by atoms with van der Waals surface area (Å²) in [5.41, 5.74) is 2.97. The first-order valence-corrected chi connectivity index (χ1v) is 7.04. The van der Waals surface area contributed by atoms with E-state index < -0.39 is 0 Å². The van der Waals surface area contributed by atoms with E-state index in [1.54, 1.807) is 18.2 Å². The summed E-state index contributed by atoms with van der Waals surface area (Å²) in [4.78, 5) is 0. The lowest BCUT2D eigenvalue weighted by molar-refractivity contribution is 0.471. The fourth-order valence-electron chi connectivity index (χ4n) is 2.77. The molecular weight excluding hydrogens is 277 g/mol. The number of phenols is 1. The van der Waals surface area contributed by atoms with Gasteiger partial charge in [-0.05, 0) is 60.7 Å². The fourth-order valence-corrected chi connectivity index (χ4v) is 3.00. The second-order valence-corrected chi connectivity index (χ2v) is 5.57. The zero-order valence-electron chi connectivity index (χ0n) is 10.9. The van der Waals surface area contributed by atoms with Crippen molar-refractivity contribution in [3.05, 3.63) is 58.4 Å². The van der Waals surface area contributed by atoms with E-state index >= 15 is 0 Å². The van der Waals surface area contributed by atoms with Gasteiger partial charge >= 0.3 is 0 Å². The van der Waals surface area contributed by atoms with E-state index in [9.17, 15) is 9.50 Å². The quantitative estimate of drug-likeness (QED) is 0.842. The summed E-state index contributed by atoms with van der Waals surface area (Å²) in [6.45, 7) is 0. The maximum atomic E-state index is 13.4. The largest absolute Gasteiger partial charge is 0.508 e. The lowest BCUT2D eigenvalue weighted by atomic mass is 9.87. The Balaban J connectivity index is 1.91. The molecule has 1 aliphatic rings. The number of halogens is 2. The summed E-state index contributed by atoms with van der Waals surface area (Å²) < 4.78 is 13.4. The lowest BCUT2D eigenvalue weighted by Gasteiger charge is -2.27. The third-order valence-electron chi connectivity index (χ3n) is 3.65. The van der Waals surface area contributed by atoms with Gasteiger partial charge in [0.1, 0.15) is 11.6 Å². The molecule has 1 unspecified atom stereocenters. The first-order chi connectivity index (χ1) is 9.61. The van der Waals surface area contributed by atoms with E-state index in [0.717, 1.165) is 24.8 Å². The number of anilines is 1. The molecular formula is C16H15ClFNO. The van der Waals surface area contributed by atoms with E-state index in [4.69, 9.17) is 11.6 Å². The van der Waals surface area contributed by atoms with Crippen LogP contribution in [0.15, 0.2) is 36.4 Å². The Kier molecular flexibility index (Phi) is 3.53. The van der Waals surface area contributed by atoms with Gasteiger partial charge in [-0.3, -0.25) is 0 Å². The molecule has 0 aromatic heterocycles. The van der Waals surface area contributed by atoms with Crippen LogP contribution < -0.4 is 5.32 Å². The molecule has 3 rings (SSSR count). The number of nitrogens with one attached hydrogen (secondary N) is 1. The van der Waals surface area contributed by atoms with Crippen LogP contribution in [0.5, 0.6) is 5.75 Å². The summed E-state index contributed by atoms with van der Waals surface area (Å²) in [6, 6.07) is 9.95. The summed E-state index contributed by atoms with van der Waals surface area (Å²) >= 11 is 5.87. The van der Waals surface area contributed by atoms with Crippen LogP contribution in [0.1, 0.15) is 30.0 Å². The summed E-state index contributed by atoms with van der Waals surface area (Å²) in [7, 11) is 0. The molecule has 0 fully saturated rings. The van der Waals surface area contributed by atoms with Crippen molar-refractivity contribution in [3.63, 3.8) is 0 Å². The molecule has 2 N–H and O–H groups in total. The topological polar surface area (TPSA) is 32.3 Å². The van der Waals surface area contributed by atoms with Crippen molar-refractivity contribution in [2.45, 2.75) is 25.3 Å². The summed E-state index contributed by atoms with van der Waals surface area (Å²) in [6.07, 6.45) is 3.03. The van der Waals surface area contributed by atoms with Crippen molar-refractivity contribution in [2.24, 2.45) is 0 Å². The Hall–Kier alpha value is -1.74. The molecule has 1 aliphatic carbocycles. The van der Waals surface area contributed by atoms with E-state index in [2.05, 4.69) is 5.32 Å². The number of aromatic hydroxyl groups is 1.